The highest BCUT2D eigenvalue weighted by Gasteiger charge is 2.29. The first-order chi connectivity index (χ1) is 16.3. The second-order valence-corrected chi connectivity index (χ2v) is 9.16. The molecule has 5 nitrogen and oxygen atoms in total. The van der Waals surface area contributed by atoms with Gasteiger partial charge < -0.3 is 14.8 Å². The second-order valence-electron chi connectivity index (χ2n) is 9.16. The van der Waals surface area contributed by atoms with Gasteiger partial charge >= 0.3 is 0 Å². The number of piperidine rings is 1. The Kier molecular flexibility index (Phi) is 7.15. The maximum absolute atomic E-state index is 13.7. The summed E-state index contributed by atoms with van der Waals surface area (Å²) in [4.78, 5) is 27.7. The molecule has 4 rings (SSSR count). The average molecular weight is 462 g/mol. The standard InChI is InChI=1S/C28H32FN3O2/c1-19-7-6-9-24(17-19)32-20(2)18-25(21(32)3)28(34)31-15-12-23(13-16-31)27(33)30-14-11-22-8-4-5-10-26(22)29/h4-10,17-18,23H,11-16H2,1-3H3,(H,30,33). The lowest BCUT2D eigenvalue weighted by Gasteiger charge is -2.31. The van der Waals surface area contributed by atoms with E-state index < -0.39 is 0 Å². The molecule has 0 atom stereocenters. The predicted octanol–water partition coefficient (Wildman–Crippen LogP) is 4.75. The van der Waals surface area contributed by atoms with Gasteiger partial charge in [-0.1, -0.05) is 30.3 Å². The molecule has 0 saturated carbocycles. The lowest BCUT2D eigenvalue weighted by Crippen LogP contribution is -2.43. The molecule has 0 radical (unpaired) electrons. The van der Waals surface area contributed by atoms with E-state index in [-0.39, 0.29) is 23.5 Å². The highest BCUT2D eigenvalue weighted by Crippen LogP contribution is 2.25. The molecule has 1 aliphatic rings. The third-order valence-corrected chi connectivity index (χ3v) is 6.73. The molecule has 34 heavy (non-hydrogen) atoms. The van der Waals surface area contributed by atoms with Crippen LogP contribution in [0.5, 0.6) is 0 Å². The van der Waals surface area contributed by atoms with Crippen LogP contribution in [-0.2, 0) is 11.2 Å². The Balaban J connectivity index is 1.33. The minimum absolute atomic E-state index is 0.0129. The first kappa shape index (κ1) is 23.7. The number of carbonyl (C=O) groups is 2. The Bertz CT molecular complexity index is 1190. The van der Waals surface area contributed by atoms with Crippen molar-refractivity contribution in [3.8, 4) is 5.69 Å². The normalized spacial score (nSPS) is 14.3. The third-order valence-electron chi connectivity index (χ3n) is 6.73. The highest BCUT2D eigenvalue weighted by molar-refractivity contribution is 5.96. The van der Waals surface area contributed by atoms with Gasteiger partial charge in [0.15, 0.2) is 0 Å². The number of nitrogens with one attached hydrogen (secondary N) is 1. The smallest absolute Gasteiger partial charge is 0.255 e. The number of benzene rings is 2. The monoisotopic (exact) mass is 461 g/mol. The summed E-state index contributed by atoms with van der Waals surface area (Å²) >= 11 is 0. The Morgan fingerprint density at radius 3 is 2.44 bits per heavy atom. The zero-order chi connectivity index (χ0) is 24.2. The number of aryl methyl sites for hydroxylation is 2. The second kappa shape index (κ2) is 10.2. The number of nitrogens with zero attached hydrogens (tertiary/aromatic N) is 2. The largest absolute Gasteiger partial charge is 0.356 e. The SMILES string of the molecule is Cc1cccc(-n2c(C)cc(C(=O)N3CCC(C(=O)NCCc4ccccc4F)CC3)c2C)c1. The summed E-state index contributed by atoms with van der Waals surface area (Å²) in [6.45, 7) is 7.58. The summed E-state index contributed by atoms with van der Waals surface area (Å²) in [6, 6.07) is 16.8. The van der Waals surface area contributed by atoms with Gasteiger partial charge in [-0.2, -0.15) is 0 Å². The first-order valence-corrected chi connectivity index (χ1v) is 11.9. The van der Waals surface area contributed by atoms with Crippen molar-refractivity contribution in [1.29, 1.82) is 0 Å². The number of aromatic nitrogens is 1. The molecule has 1 N–H and O–H groups in total. The van der Waals surface area contributed by atoms with E-state index in [1.807, 2.05) is 30.9 Å². The zero-order valence-electron chi connectivity index (χ0n) is 20.1. The van der Waals surface area contributed by atoms with E-state index in [1.165, 1.54) is 11.6 Å². The summed E-state index contributed by atoms with van der Waals surface area (Å²) < 4.78 is 15.9. The van der Waals surface area contributed by atoms with Crippen molar-refractivity contribution in [2.24, 2.45) is 5.92 Å². The molecule has 2 amide bonds. The van der Waals surface area contributed by atoms with Gasteiger partial charge in [0.25, 0.3) is 5.91 Å². The van der Waals surface area contributed by atoms with Crippen LogP contribution < -0.4 is 5.32 Å². The molecule has 1 aromatic heterocycles. The number of carbonyl (C=O) groups excluding carboxylic acids is 2. The van der Waals surface area contributed by atoms with Gasteiger partial charge in [0.05, 0.1) is 5.56 Å². The molecule has 1 aliphatic heterocycles. The molecule has 6 heteroatoms. The van der Waals surface area contributed by atoms with Gasteiger partial charge in [-0.15, -0.1) is 0 Å². The van der Waals surface area contributed by atoms with E-state index in [4.69, 9.17) is 0 Å². The molecule has 0 aliphatic carbocycles. The van der Waals surface area contributed by atoms with Crippen molar-refractivity contribution in [2.75, 3.05) is 19.6 Å². The Hall–Kier alpha value is -3.41. The van der Waals surface area contributed by atoms with Crippen molar-refractivity contribution in [3.63, 3.8) is 0 Å². The van der Waals surface area contributed by atoms with Crippen LogP contribution >= 0.6 is 0 Å². The van der Waals surface area contributed by atoms with E-state index >= 15 is 0 Å². The minimum atomic E-state index is -0.245. The molecule has 0 bridgehead atoms. The van der Waals surface area contributed by atoms with Crippen LogP contribution in [0.4, 0.5) is 4.39 Å². The van der Waals surface area contributed by atoms with E-state index in [0.717, 1.165) is 17.1 Å². The number of amides is 2. The quantitative estimate of drug-likeness (QED) is 0.576. The maximum Gasteiger partial charge on any atom is 0.255 e. The Morgan fingerprint density at radius 2 is 1.74 bits per heavy atom. The van der Waals surface area contributed by atoms with Gasteiger partial charge in [-0.25, -0.2) is 4.39 Å². The van der Waals surface area contributed by atoms with Gasteiger partial charge in [-0.05, 0) is 75.4 Å². The summed E-state index contributed by atoms with van der Waals surface area (Å²) in [5.74, 6) is -0.360. The molecule has 0 unspecified atom stereocenters. The molecular weight excluding hydrogens is 429 g/mol. The summed E-state index contributed by atoms with van der Waals surface area (Å²) in [7, 11) is 0. The topological polar surface area (TPSA) is 54.3 Å². The van der Waals surface area contributed by atoms with Crippen LogP contribution in [0.2, 0.25) is 0 Å². The molecule has 2 aromatic carbocycles. The summed E-state index contributed by atoms with van der Waals surface area (Å²) in [5, 5.41) is 2.93. The third kappa shape index (κ3) is 5.06. The lowest BCUT2D eigenvalue weighted by atomic mass is 9.95. The number of likely N-dealkylation sites (tertiary alicyclic amines) is 1. The molecule has 0 spiro atoms. The summed E-state index contributed by atoms with van der Waals surface area (Å²) in [5.41, 5.74) is 5.50. The predicted molar refractivity (Wildman–Crippen MR) is 132 cm³/mol. The van der Waals surface area contributed by atoms with E-state index in [0.29, 0.717) is 50.0 Å². The van der Waals surface area contributed by atoms with Crippen LogP contribution in [0.3, 0.4) is 0 Å². The minimum Gasteiger partial charge on any atom is -0.356 e. The molecule has 178 valence electrons. The van der Waals surface area contributed by atoms with Gasteiger partial charge in [0.2, 0.25) is 5.91 Å². The lowest BCUT2D eigenvalue weighted by molar-refractivity contribution is -0.126. The number of hydrogen-bond acceptors (Lipinski definition) is 2. The first-order valence-electron chi connectivity index (χ1n) is 11.9. The van der Waals surface area contributed by atoms with Crippen LogP contribution in [-0.4, -0.2) is 40.9 Å². The van der Waals surface area contributed by atoms with Crippen molar-refractivity contribution in [3.05, 3.63) is 88.5 Å². The van der Waals surface area contributed by atoms with Crippen LogP contribution in [0, 0.1) is 32.5 Å². The van der Waals surface area contributed by atoms with Crippen LogP contribution in [0.1, 0.15) is 45.7 Å². The van der Waals surface area contributed by atoms with Crippen molar-refractivity contribution >= 4 is 11.8 Å². The highest BCUT2D eigenvalue weighted by atomic mass is 19.1. The fourth-order valence-corrected chi connectivity index (χ4v) is 4.82. The van der Waals surface area contributed by atoms with E-state index in [2.05, 4.69) is 35.0 Å². The average Bonchev–Trinajstić information content (AvgIpc) is 3.13. The fraction of sp³-hybridized carbons (Fsp3) is 0.357. The molecule has 1 fully saturated rings. The molecule has 2 heterocycles. The zero-order valence-corrected chi connectivity index (χ0v) is 20.1. The van der Waals surface area contributed by atoms with Crippen LogP contribution in [0.15, 0.2) is 54.6 Å². The van der Waals surface area contributed by atoms with E-state index in [9.17, 15) is 14.0 Å². The van der Waals surface area contributed by atoms with Crippen molar-refractivity contribution in [2.45, 2.75) is 40.0 Å². The van der Waals surface area contributed by atoms with Crippen LogP contribution in [0.25, 0.3) is 5.69 Å². The number of halogens is 1. The fourth-order valence-electron chi connectivity index (χ4n) is 4.82. The molecule has 1 saturated heterocycles. The van der Waals surface area contributed by atoms with Gasteiger partial charge in [-0.3, -0.25) is 9.59 Å². The number of rotatable bonds is 6. The van der Waals surface area contributed by atoms with Crippen molar-refractivity contribution in [1.82, 2.24) is 14.8 Å². The van der Waals surface area contributed by atoms with Gasteiger partial charge in [0.1, 0.15) is 5.82 Å². The Morgan fingerprint density at radius 1 is 1.00 bits per heavy atom. The maximum atomic E-state index is 13.7. The Labute approximate surface area is 200 Å². The van der Waals surface area contributed by atoms with Gasteiger partial charge in [0, 0.05) is 42.6 Å². The van der Waals surface area contributed by atoms with Crippen molar-refractivity contribution < 1.29 is 14.0 Å². The number of hydrogen-bond donors (Lipinski definition) is 1. The molecule has 3 aromatic rings. The molecular formula is C28H32FN3O2. The summed E-state index contributed by atoms with van der Waals surface area (Å²) in [6.07, 6.45) is 1.73. The van der Waals surface area contributed by atoms with E-state index in [1.54, 1.807) is 18.2 Å².